The number of sulfone groups is 1. The maximum Gasteiger partial charge on any atom is 0.251 e. The molecule has 0 aliphatic carbocycles. The maximum absolute atomic E-state index is 12.5. The van der Waals surface area contributed by atoms with Crippen LogP contribution in [0, 0.1) is 13.8 Å². The fourth-order valence-electron chi connectivity index (χ4n) is 3.26. The molecule has 0 aliphatic rings. The minimum Gasteiger partial charge on any atom is -0.488 e. The number of aryl methyl sites for hydroxylation is 2. The van der Waals surface area contributed by atoms with Crippen molar-refractivity contribution in [3.63, 3.8) is 0 Å². The Labute approximate surface area is 183 Å². The molecule has 31 heavy (non-hydrogen) atoms. The van der Waals surface area contributed by atoms with Gasteiger partial charge in [-0.25, -0.2) is 8.42 Å². The van der Waals surface area contributed by atoms with Crippen molar-refractivity contribution in [2.45, 2.75) is 31.8 Å². The molecule has 2 aromatic carbocycles. The molecule has 0 unspecified atom stereocenters. The summed E-state index contributed by atoms with van der Waals surface area (Å²) in [6.45, 7) is 4.47. The largest absolute Gasteiger partial charge is 0.488 e. The second kappa shape index (κ2) is 10.2. The van der Waals surface area contributed by atoms with Gasteiger partial charge in [-0.2, -0.15) is 0 Å². The quantitative estimate of drug-likeness (QED) is 0.513. The lowest BCUT2D eigenvalue weighted by molar-refractivity contribution is 0.0953. The molecule has 6 nitrogen and oxygen atoms in total. The Bertz CT molecular complexity index is 1110. The molecule has 1 aromatic heterocycles. The molecule has 0 saturated carbocycles. The first-order chi connectivity index (χ1) is 14.9. The highest BCUT2D eigenvalue weighted by atomic mass is 32.2. The summed E-state index contributed by atoms with van der Waals surface area (Å²) in [7, 11) is -3.34. The summed E-state index contributed by atoms with van der Waals surface area (Å²) < 4.78 is 30.5. The number of carbonyl (C=O) groups excluding carboxylic acids is 1. The smallest absolute Gasteiger partial charge is 0.251 e. The molecule has 162 valence electrons. The number of amides is 1. The summed E-state index contributed by atoms with van der Waals surface area (Å²) in [5.41, 5.74) is 3.21. The lowest BCUT2D eigenvalue weighted by atomic mass is 10.0. The fraction of sp³-hybridized carbons (Fsp3) is 0.250. The molecule has 3 aromatic rings. The van der Waals surface area contributed by atoms with E-state index in [4.69, 9.17) is 4.74 Å². The Morgan fingerprint density at radius 3 is 2.39 bits per heavy atom. The molecule has 3 rings (SSSR count). The first-order valence-corrected chi connectivity index (χ1v) is 11.7. The average Bonchev–Trinajstić information content (AvgIpc) is 2.77. The first-order valence-electron chi connectivity index (χ1n) is 10.1. The average molecular weight is 439 g/mol. The molecule has 0 saturated heterocycles. The first kappa shape index (κ1) is 22.5. The van der Waals surface area contributed by atoms with Gasteiger partial charge in [-0.15, -0.1) is 0 Å². The normalized spacial score (nSPS) is 11.2. The van der Waals surface area contributed by atoms with Gasteiger partial charge in [0.25, 0.3) is 5.91 Å². The van der Waals surface area contributed by atoms with Crippen molar-refractivity contribution in [3.8, 4) is 5.75 Å². The summed E-state index contributed by atoms with van der Waals surface area (Å²) in [5, 5.41) is 2.80. The predicted octanol–water partition coefficient (Wildman–Crippen LogP) is 3.87. The summed E-state index contributed by atoms with van der Waals surface area (Å²) in [6.07, 6.45) is 3.81. The molecule has 1 heterocycles. The lowest BCUT2D eigenvalue weighted by Gasteiger charge is -2.14. The second-order valence-corrected chi connectivity index (χ2v) is 9.44. The van der Waals surface area contributed by atoms with Crippen LogP contribution in [0.25, 0.3) is 0 Å². The van der Waals surface area contributed by atoms with E-state index in [9.17, 15) is 13.2 Å². The van der Waals surface area contributed by atoms with Crippen molar-refractivity contribution in [3.05, 3.63) is 89.2 Å². The van der Waals surface area contributed by atoms with Gasteiger partial charge in [0.2, 0.25) is 0 Å². The number of aromatic nitrogens is 1. The summed E-state index contributed by atoms with van der Waals surface area (Å²) >= 11 is 0. The van der Waals surface area contributed by atoms with Crippen molar-refractivity contribution in [2.75, 3.05) is 12.3 Å². The van der Waals surface area contributed by atoms with Crippen LogP contribution in [0.5, 0.6) is 5.75 Å². The highest BCUT2D eigenvalue weighted by Crippen LogP contribution is 2.26. The minimum absolute atomic E-state index is 0.0174. The van der Waals surface area contributed by atoms with Crippen LogP contribution in [0.15, 0.2) is 71.9 Å². The van der Waals surface area contributed by atoms with Gasteiger partial charge >= 0.3 is 0 Å². The Balaban J connectivity index is 1.54. The Morgan fingerprint density at radius 1 is 1.03 bits per heavy atom. The Morgan fingerprint density at radius 2 is 1.74 bits per heavy atom. The van der Waals surface area contributed by atoms with Gasteiger partial charge in [-0.1, -0.05) is 24.3 Å². The van der Waals surface area contributed by atoms with Crippen LogP contribution in [0.3, 0.4) is 0 Å². The molecular formula is C24H26N2O4S. The molecule has 0 radical (unpaired) electrons. The molecular weight excluding hydrogens is 412 g/mol. The number of carbonyl (C=O) groups is 1. The van der Waals surface area contributed by atoms with Crippen LogP contribution in [0.2, 0.25) is 0 Å². The van der Waals surface area contributed by atoms with E-state index in [1.807, 2.05) is 26.0 Å². The van der Waals surface area contributed by atoms with E-state index in [0.717, 1.165) is 22.4 Å². The zero-order valence-corrected chi connectivity index (χ0v) is 18.5. The Kier molecular flexibility index (Phi) is 7.41. The molecule has 7 heteroatoms. The molecule has 0 spiro atoms. The van der Waals surface area contributed by atoms with E-state index in [2.05, 4.69) is 10.3 Å². The number of ether oxygens (including phenoxy) is 1. The number of nitrogens with one attached hydrogen (secondary N) is 1. The van der Waals surface area contributed by atoms with Gasteiger partial charge in [0.1, 0.15) is 12.4 Å². The molecule has 0 fully saturated rings. The zero-order chi connectivity index (χ0) is 22.3. The third kappa shape index (κ3) is 6.15. The molecule has 0 bridgehead atoms. The van der Waals surface area contributed by atoms with Crippen LogP contribution >= 0.6 is 0 Å². The van der Waals surface area contributed by atoms with Crippen LogP contribution in [0.1, 0.15) is 33.5 Å². The summed E-state index contributed by atoms with van der Waals surface area (Å²) in [6, 6.07) is 15.7. The van der Waals surface area contributed by atoms with Gasteiger partial charge in [0.05, 0.1) is 10.6 Å². The van der Waals surface area contributed by atoms with Crippen molar-refractivity contribution >= 4 is 15.7 Å². The van der Waals surface area contributed by atoms with Crippen molar-refractivity contribution in [1.29, 1.82) is 0 Å². The summed E-state index contributed by atoms with van der Waals surface area (Å²) in [5.74, 6) is 0.493. The van der Waals surface area contributed by atoms with E-state index >= 15 is 0 Å². The third-order valence-corrected chi connectivity index (χ3v) is 6.62. The number of rotatable bonds is 9. The van der Waals surface area contributed by atoms with E-state index in [-0.39, 0.29) is 18.2 Å². The highest BCUT2D eigenvalue weighted by molar-refractivity contribution is 7.91. The Hall–Kier alpha value is -3.19. The topological polar surface area (TPSA) is 85.4 Å². The standard InChI is InChI=1S/C24H26N2O4S/c1-18-14-21(15-19(2)23(18)30-17-20-8-6-11-25-16-20)24(27)26-12-7-13-31(28,29)22-9-4-3-5-10-22/h3-6,8-11,14-16H,7,12-13,17H2,1-2H3,(H,26,27). The number of nitrogens with zero attached hydrogens (tertiary/aromatic N) is 1. The highest BCUT2D eigenvalue weighted by Gasteiger charge is 2.15. The number of benzene rings is 2. The minimum atomic E-state index is -3.34. The van der Waals surface area contributed by atoms with Crippen LogP contribution < -0.4 is 10.1 Å². The molecule has 1 N–H and O–H groups in total. The van der Waals surface area contributed by atoms with Crippen molar-refractivity contribution in [1.82, 2.24) is 10.3 Å². The van der Waals surface area contributed by atoms with Crippen molar-refractivity contribution in [2.24, 2.45) is 0 Å². The number of hydrogen-bond acceptors (Lipinski definition) is 5. The zero-order valence-electron chi connectivity index (χ0n) is 17.7. The summed E-state index contributed by atoms with van der Waals surface area (Å²) in [4.78, 5) is 16.9. The maximum atomic E-state index is 12.5. The predicted molar refractivity (Wildman–Crippen MR) is 120 cm³/mol. The molecule has 0 atom stereocenters. The van der Waals surface area contributed by atoms with E-state index in [0.29, 0.717) is 23.5 Å². The van der Waals surface area contributed by atoms with Crippen molar-refractivity contribution < 1.29 is 17.9 Å². The SMILES string of the molecule is Cc1cc(C(=O)NCCCS(=O)(=O)c2ccccc2)cc(C)c1OCc1cccnc1. The van der Waals surface area contributed by atoms with E-state index < -0.39 is 9.84 Å². The number of hydrogen-bond donors (Lipinski definition) is 1. The van der Waals surface area contributed by atoms with Gasteiger partial charge in [-0.05, 0) is 61.7 Å². The third-order valence-electron chi connectivity index (χ3n) is 4.81. The second-order valence-electron chi connectivity index (χ2n) is 7.33. The van der Waals surface area contributed by atoms with E-state index in [1.54, 1.807) is 54.9 Å². The fourth-order valence-corrected chi connectivity index (χ4v) is 4.59. The molecule has 0 aliphatic heterocycles. The van der Waals surface area contributed by atoms with Crippen LogP contribution in [0.4, 0.5) is 0 Å². The van der Waals surface area contributed by atoms with Gasteiger partial charge in [-0.3, -0.25) is 9.78 Å². The monoisotopic (exact) mass is 438 g/mol. The van der Waals surface area contributed by atoms with E-state index in [1.165, 1.54) is 0 Å². The number of pyridine rings is 1. The van der Waals surface area contributed by atoms with Gasteiger partial charge < -0.3 is 10.1 Å². The van der Waals surface area contributed by atoms with Crippen LogP contribution in [-0.2, 0) is 16.4 Å². The molecule has 1 amide bonds. The van der Waals surface area contributed by atoms with Crippen LogP contribution in [-0.4, -0.2) is 31.6 Å². The van der Waals surface area contributed by atoms with Gasteiger partial charge in [0, 0.05) is 30.1 Å². The lowest BCUT2D eigenvalue weighted by Crippen LogP contribution is -2.26. The van der Waals surface area contributed by atoms with Gasteiger partial charge in [0.15, 0.2) is 9.84 Å².